The fourth-order valence-electron chi connectivity index (χ4n) is 3.56. The third kappa shape index (κ3) is 4.10. The molecule has 0 radical (unpaired) electrons. The highest BCUT2D eigenvalue weighted by molar-refractivity contribution is 7.12. The number of hydrogen-bond donors (Lipinski definition) is 4. The maximum absolute atomic E-state index is 10.2. The predicted molar refractivity (Wildman–Crippen MR) is 105 cm³/mol. The molecular weight excluding hydrogens is 380 g/mol. The van der Waals surface area contributed by atoms with Gasteiger partial charge >= 0.3 is 0 Å². The molecule has 1 aliphatic carbocycles. The number of aliphatic hydroxyl groups is 4. The molecule has 2 fully saturated rings. The molecule has 1 aromatic heterocycles. The van der Waals surface area contributed by atoms with Gasteiger partial charge in [-0.15, -0.1) is 11.3 Å². The van der Waals surface area contributed by atoms with Crippen molar-refractivity contribution in [2.45, 2.75) is 62.8 Å². The van der Waals surface area contributed by atoms with E-state index in [1.165, 1.54) is 24.0 Å². The van der Waals surface area contributed by atoms with Gasteiger partial charge in [-0.25, -0.2) is 0 Å². The van der Waals surface area contributed by atoms with Crippen LogP contribution in [0.5, 0.6) is 5.75 Å². The second kappa shape index (κ2) is 8.10. The molecule has 28 heavy (non-hydrogen) atoms. The van der Waals surface area contributed by atoms with Crippen molar-refractivity contribution in [3.8, 4) is 5.75 Å². The molecule has 152 valence electrons. The van der Waals surface area contributed by atoms with Crippen LogP contribution in [-0.2, 0) is 11.2 Å². The topological polar surface area (TPSA) is 99.4 Å². The lowest BCUT2D eigenvalue weighted by atomic mass is 9.99. The Labute approximate surface area is 168 Å². The maximum Gasteiger partial charge on any atom is 0.229 e. The van der Waals surface area contributed by atoms with Crippen LogP contribution in [0.15, 0.2) is 30.3 Å². The molecule has 2 aliphatic rings. The Morgan fingerprint density at radius 3 is 2.43 bits per heavy atom. The lowest BCUT2D eigenvalue weighted by Crippen LogP contribution is -2.60. The van der Waals surface area contributed by atoms with Gasteiger partial charge in [0.05, 0.1) is 11.5 Å². The molecule has 0 unspecified atom stereocenters. The fraction of sp³-hybridized carbons (Fsp3) is 0.524. The van der Waals surface area contributed by atoms with Gasteiger partial charge in [-0.2, -0.15) is 0 Å². The first-order valence-corrected chi connectivity index (χ1v) is 10.4. The SMILES string of the molecule is Cc1cc(O[C@@H]2O[C@H](CO)[C@@H](O)[C@H](O)[C@H]2O)c(Cc2ccc(C3CC3)cc2)s1. The van der Waals surface area contributed by atoms with Gasteiger partial charge in [0.15, 0.2) is 0 Å². The van der Waals surface area contributed by atoms with Gasteiger partial charge in [-0.1, -0.05) is 24.3 Å². The van der Waals surface area contributed by atoms with E-state index < -0.39 is 37.3 Å². The number of ether oxygens (including phenoxy) is 2. The zero-order valence-corrected chi connectivity index (χ0v) is 16.5. The van der Waals surface area contributed by atoms with Gasteiger partial charge in [0.1, 0.15) is 30.2 Å². The van der Waals surface area contributed by atoms with Crippen LogP contribution in [0.2, 0.25) is 0 Å². The minimum Gasteiger partial charge on any atom is -0.461 e. The van der Waals surface area contributed by atoms with Crippen molar-refractivity contribution in [2.75, 3.05) is 6.61 Å². The smallest absolute Gasteiger partial charge is 0.229 e. The van der Waals surface area contributed by atoms with E-state index in [0.717, 1.165) is 15.7 Å². The van der Waals surface area contributed by atoms with Crippen molar-refractivity contribution < 1.29 is 29.9 Å². The third-order valence-electron chi connectivity index (χ3n) is 5.38. The number of hydrogen-bond acceptors (Lipinski definition) is 7. The minimum absolute atomic E-state index is 0.479. The first-order valence-electron chi connectivity index (χ1n) is 9.61. The zero-order valence-electron chi connectivity index (χ0n) is 15.7. The van der Waals surface area contributed by atoms with Crippen molar-refractivity contribution in [2.24, 2.45) is 0 Å². The van der Waals surface area contributed by atoms with Crippen LogP contribution >= 0.6 is 11.3 Å². The fourth-order valence-corrected chi connectivity index (χ4v) is 4.56. The second-order valence-corrected chi connectivity index (χ2v) is 8.99. The van der Waals surface area contributed by atoms with E-state index in [4.69, 9.17) is 9.47 Å². The van der Waals surface area contributed by atoms with Crippen molar-refractivity contribution in [3.05, 3.63) is 51.2 Å². The minimum atomic E-state index is -1.45. The van der Waals surface area contributed by atoms with Crippen LogP contribution in [0.4, 0.5) is 0 Å². The lowest BCUT2D eigenvalue weighted by molar-refractivity contribution is -0.277. The molecular formula is C21H26O6S. The van der Waals surface area contributed by atoms with E-state index in [9.17, 15) is 20.4 Å². The number of aryl methyl sites for hydroxylation is 1. The van der Waals surface area contributed by atoms with Crippen molar-refractivity contribution in [3.63, 3.8) is 0 Å². The molecule has 0 bridgehead atoms. The summed E-state index contributed by atoms with van der Waals surface area (Å²) in [5.74, 6) is 1.31. The van der Waals surface area contributed by atoms with Gasteiger partial charge in [0, 0.05) is 11.3 Å². The van der Waals surface area contributed by atoms with Crippen LogP contribution in [0.25, 0.3) is 0 Å². The first-order chi connectivity index (χ1) is 13.5. The van der Waals surface area contributed by atoms with Crippen molar-refractivity contribution >= 4 is 11.3 Å². The van der Waals surface area contributed by atoms with Crippen molar-refractivity contribution in [1.29, 1.82) is 0 Å². The molecule has 5 atom stereocenters. The Kier molecular flexibility index (Phi) is 5.73. The highest BCUT2D eigenvalue weighted by Crippen LogP contribution is 2.40. The van der Waals surface area contributed by atoms with E-state index in [1.807, 2.05) is 13.0 Å². The van der Waals surface area contributed by atoms with Gasteiger partial charge in [-0.05, 0) is 42.9 Å². The number of rotatable bonds is 6. The molecule has 1 saturated heterocycles. The molecule has 7 heteroatoms. The summed E-state index contributed by atoms with van der Waals surface area (Å²) in [6, 6.07) is 10.5. The molecule has 4 rings (SSSR count). The molecule has 1 saturated carbocycles. The predicted octanol–water partition coefficient (Wildman–Crippen LogP) is 1.70. The summed E-state index contributed by atoms with van der Waals surface area (Å²) in [4.78, 5) is 2.05. The van der Waals surface area contributed by atoms with Crippen molar-refractivity contribution in [1.82, 2.24) is 0 Å². The van der Waals surface area contributed by atoms with E-state index in [-0.39, 0.29) is 0 Å². The Morgan fingerprint density at radius 1 is 1.07 bits per heavy atom. The van der Waals surface area contributed by atoms with Gasteiger partial charge in [0.2, 0.25) is 6.29 Å². The Bertz CT molecular complexity index is 798. The van der Waals surface area contributed by atoms with Crippen LogP contribution in [-0.4, -0.2) is 57.7 Å². The van der Waals surface area contributed by atoms with E-state index in [2.05, 4.69) is 24.3 Å². The molecule has 4 N–H and O–H groups in total. The summed E-state index contributed by atoms with van der Waals surface area (Å²) in [7, 11) is 0. The van der Waals surface area contributed by atoms with E-state index in [1.54, 1.807) is 11.3 Å². The highest BCUT2D eigenvalue weighted by atomic mass is 32.1. The number of aliphatic hydroxyl groups excluding tert-OH is 4. The van der Waals surface area contributed by atoms with Crippen LogP contribution < -0.4 is 4.74 Å². The first kappa shape index (κ1) is 19.8. The van der Waals surface area contributed by atoms with Crippen LogP contribution in [0.1, 0.15) is 39.6 Å². The summed E-state index contributed by atoms with van der Waals surface area (Å²) in [5.41, 5.74) is 2.56. The lowest BCUT2D eigenvalue weighted by Gasteiger charge is -2.39. The summed E-state index contributed by atoms with van der Waals surface area (Å²) >= 11 is 1.61. The van der Waals surface area contributed by atoms with E-state index in [0.29, 0.717) is 12.2 Å². The van der Waals surface area contributed by atoms with Gasteiger partial charge in [-0.3, -0.25) is 0 Å². The van der Waals surface area contributed by atoms with Crippen LogP contribution in [0.3, 0.4) is 0 Å². The molecule has 6 nitrogen and oxygen atoms in total. The molecule has 0 spiro atoms. The number of thiophene rings is 1. The van der Waals surface area contributed by atoms with Gasteiger partial charge in [0.25, 0.3) is 0 Å². The molecule has 0 amide bonds. The normalized spacial score (nSPS) is 30.4. The average Bonchev–Trinajstić information content (AvgIpc) is 3.47. The molecule has 1 aromatic carbocycles. The Balaban J connectivity index is 1.49. The largest absolute Gasteiger partial charge is 0.461 e. The summed E-state index contributed by atoms with van der Waals surface area (Å²) < 4.78 is 11.3. The summed E-state index contributed by atoms with van der Waals surface area (Å²) in [6.07, 6.45) is -3.16. The molecule has 2 aromatic rings. The monoisotopic (exact) mass is 406 g/mol. The maximum atomic E-state index is 10.2. The van der Waals surface area contributed by atoms with Gasteiger partial charge < -0.3 is 29.9 Å². The quantitative estimate of drug-likeness (QED) is 0.583. The Hall–Kier alpha value is -1.48. The van der Waals surface area contributed by atoms with E-state index >= 15 is 0 Å². The highest BCUT2D eigenvalue weighted by Gasteiger charge is 2.45. The van der Waals surface area contributed by atoms with Crippen LogP contribution in [0, 0.1) is 6.92 Å². The second-order valence-electron chi connectivity index (χ2n) is 7.65. The molecule has 1 aliphatic heterocycles. The number of benzene rings is 1. The summed E-state index contributed by atoms with van der Waals surface area (Å²) in [6.45, 7) is 1.50. The molecule has 2 heterocycles. The standard InChI is InChI=1S/C21H26O6S/c1-11-8-15(26-21-20(25)19(24)18(23)16(10-22)27-21)17(28-11)9-12-2-4-13(5-3-12)14-6-7-14/h2-5,8,14,16,18-25H,6-7,9-10H2,1H3/t16-,18-,19+,20-,21-/m1/s1. The average molecular weight is 407 g/mol. The Morgan fingerprint density at radius 2 is 1.79 bits per heavy atom. The zero-order chi connectivity index (χ0) is 19.8. The third-order valence-corrected chi connectivity index (χ3v) is 6.41. The summed E-state index contributed by atoms with van der Waals surface area (Å²) in [5, 5.41) is 39.4.